The highest BCUT2D eigenvalue weighted by Gasteiger charge is 1.91. The van der Waals surface area contributed by atoms with Crippen molar-refractivity contribution in [2.24, 2.45) is 0 Å². The zero-order chi connectivity index (χ0) is 9.07. The standard InChI is InChI=1S/C9H19O3/c1-2-3-4-5-6-7-8-9-11-12-10/h3,10H,2,4-9H2,1H3. The Morgan fingerprint density at radius 3 is 2.58 bits per heavy atom. The molecule has 0 aromatic carbocycles. The smallest absolute Gasteiger partial charge is 0.0853 e. The van der Waals surface area contributed by atoms with Gasteiger partial charge in [0, 0.05) is 0 Å². The van der Waals surface area contributed by atoms with E-state index in [1.54, 1.807) is 0 Å². The molecule has 0 rings (SSSR count). The molecule has 0 aromatic rings. The van der Waals surface area contributed by atoms with Crippen LogP contribution >= 0.6 is 0 Å². The predicted octanol–water partition coefficient (Wildman–Crippen LogP) is 2.97. The summed E-state index contributed by atoms with van der Waals surface area (Å²) in [5, 5.41) is 11.3. The van der Waals surface area contributed by atoms with E-state index in [2.05, 4.69) is 23.3 Å². The van der Waals surface area contributed by atoms with E-state index in [-0.39, 0.29) is 0 Å². The van der Waals surface area contributed by atoms with Gasteiger partial charge in [-0.3, -0.25) is 0 Å². The Kier molecular flexibility index (Phi) is 10.8. The average Bonchev–Trinajstić information content (AvgIpc) is 2.10. The van der Waals surface area contributed by atoms with Crippen molar-refractivity contribution < 1.29 is 15.2 Å². The third kappa shape index (κ3) is 9.88. The van der Waals surface area contributed by atoms with Crippen molar-refractivity contribution in [2.75, 3.05) is 6.61 Å². The van der Waals surface area contributed by atoms with Crippen molar-refractivity contribution in [3.05, 3.63) is 6.42 Å². The van der Waals surface area contributed by atoms with Gasteiger partial charge in [-0.05, 0) is 12.8 Å². The van der Waals surface area contributed by atoms with Crippen LogP contribution in [-0.2, 0) is 9.93 Å². The molecule has 0 amide bonds. The average molecular weight is 175 g/mol. The van der Waals surface area contributed by atoms with E-state index >= 15 is 0 Å². The molecule has 0 spiro atoms. The summed E-state index contributed by atoms with van der Waals surface area (Å²) in [6.45, 7) is 2.64. The summed E-state index contributed by atoms with van der Waals surface area (Å²) in [6, 6.07) is 0. The molecule has 0 bridgehead atoms. The van der Waals surface area contributed by atoms with Gasteiger partial charge in [0.15, 0.2) is 0 Å². The first-order valence-electron chi connectivity index (χ1n) is 4.66. The lowest BCUT2D eigenvalue weighted by atomic mass is 10.1. The van der Waals surface area contributed by atoms with Gasteiger partial charge in [0.2, 0.25) is 0 Å². The molecule has 0 fully saturated rings. The molecule has 12 heavy (non-hydrogen) atoms. The van der Waals surface area contributed by atoms with Gasteiger partial charge in [0.05, 0.1) is 6.61 Å². The van der Waals surface area contributed by atoms with Crippen molar-refractivity contribution in [1.29, 1.82) is 0 Å². The maximum absolute atomic E-state index is 7.81. The molecule has 3 nitrogen and oxygen atoms in total. The fourth-order valence-electron chi connectivity index (χ4n) is 1.04. The van der Waals surface area contributed by atoms with Crippen LogP contribution in [0, 0.1) is 6.42 Å². The monoisotopic (exact) mass is 175 g/mol. The topological polar surface area (TPSA) is 38.7 Å². The third-order valence-corrected chi connectivity index (χ3v) is 1.73. The lowest BCUT2D eigenvalue weighted by molar-refractivity contribution is -0.490. The summed E-state index contributed by atoms with van der Waals surface area (Å²) in [7, 11) is 0. The molecule has 0 saturated heterocycles. The molecule has 0 saturated carbocycles. The summed E-state index contributed by atoms with van der Waals surface area (Å²) in [4.78, 5) is 4.31. The van der Waals surface area contributed by atoms with Gasteiger partial charge in [0.25, 0.3) is 0 Å². The molecule has 73 valence electrons. The van der Waals surface area contributed by atoms with E-state index in [1.165, 1.54) is 25.7 Å². The van der Waals surface area contributed by atoms with E-state index in [1.807, 2.05) is 0 Å². The number of unbranched alkanes of at least 4 members (excludes halogenated alkanes) is 6. The Hall–Kier alpha value is -0.120. The van der Waals surface area contributed by atoms with Gasteiger partial charge in [-0.15, -0.1) is 0 Å². The molecular formula is C9H19O3. The molecule has 1 N–H and O–H groups in total. The SMILES string of the molecule is CC[CH]CCCCCCOOO. The molecule has 0 aliphatic heterocycles. The highest BCUT2D eigenvalue weighted by Crippen LogP contribution is 2.05. The van der Waals surface area contributed by atoms with E-state index in [4.69, 9.17) is 5.26 Å². The predicted molar refractivity (Wildman–Crippen MR) is 47.3 cm³/mol. The molecule has 0 aliphatic rings. The second-order valence-electron chi connectivity index (χ2n) is 2.80. The normalized spacial score (nSPS) is 10.5. The fourth-order valence-corrected chi connectivity index (χ4v) is 1.04. The Bertz CT molecular complexity index is 66.2. The summed E-state index contributed by atoms with van der Waals surface area (Å²) in [6.07, 6.45) is 9.26. The Labute approximate surface area is 74.5 Å². The maximum atomic E-state index is 7.81. The van der Waals surface area contributed by atoms with Crippen LogP contribution in [0.25, 0.3) is 0 Å². The minimum absolute atomic E-state index is 0.480. The van der Waals surface area contributed by atoms with E-state index < -0.39 is 0 Å². The van der Waals surface area contributed by atoms with E-state index in [0.29, 0.717) is 6.61 Å². The van der Waals surface area contributed by atoms with Gasteiger partial charge < -0.3 is 0 Å². The second-order valence-corrected chi connectivity index (χ2v) is 2.80. The lowest BCUT2D eigenvalue weighted by Gasteiger charge is -1.99. The largest absolute Gasteiger partial charge is 0.221 e. The molecule has 0 atom stereocenters. The molecule has 1 radical (unpaired) electrons. The molecule has 0 heterocycles. The maximum Gasteiger partial charge on any atom is 0.0853 e. The summed E-state index contributed by atoms with van der Waals surface area (Å²) < 4.78 is 0. The van der Waals surface area contributed by atoms with Gasteiger partial charge in [-0.2, -0.15) is 0 Å². The fraction of sp³-hybridized carbons (Fsp3) is 0.889. The molecular weight excluding hydrogens is 156 g/mol. The first kappa shape index (κ1) is 11.9. The second kappa shape index (κ2) is 10.9. The van der Waals surface area contributed by atoms with Crippen LogP contribution in [0.15, 0.2) is 0 Å². The Morgan fingerprint density at radius 1 is 1.17 bits per heavy atom. The number of hydrogen-bond acceptors (Lipinski definition) is 3. The number of rotatable bonds is 9. The van der Waals surface area contributed by atoms with E-state index in [9.17, 15) is 0 Å². The van der Waals surface area contributed by atoms with Crippen molar-refractivity contribution in [1.82, 2.24) is 0 Å². The molecule has 0 aromatic heterocycles. The lowest BCUT2D eigenvalue weighted by Crippen LogP contribution is -1.92. The van der Waals surface area contributed by atoms with Gasteiger partial charge >= 0.3 is 0 Å². The highest BCUT2D eigenvalue weighted by molar-refractivity contribution is 4.60. The van der Waals surface area contributed by atoms with Gasteiger partial charge in [-0.1, -0.05) is 44.1 Å². The van der Waals surface area contributed by atoms with Gasteiger partial charge in [0.1, 0.15) is 0 Å². The van der Waals surface area contributed by atoms with Crippen LogP contribution in [0.1, 0.15) is 45.4 Å². The Morgan fingerprint density at radius 2 is 1.92 bits per heavy atom. The molecule has 3 heteroatoms. The van der Waals surface area contributed by atoms with Crippen molar-refractivity contribution in [3.8, 4) is 0 Å². The summed E-state index contributed by atoms with van der Waals surface area (Å²) in [5.74, 6) is 0. The van der Waals surface area contributed by atoms with Crippen LogP contribution in [0.3, 0.4) is 0 Å². The Balaban J connectivity index is 2.73. The molecule has 0 aliphatic carbocycles. The quantitative estimate of drug-likeness (QED) is 0.332. The highest BCUT2D eigenvalue weighted by atomic mass is 17.5. The van der Waals surface area contributed by atoms with E-state index in [0.717, 1.165) is 12.8 Å². The minimum atomic E-state index is 0.480. The number of hydrogen-bond donors (Lipinski definition) is 1. The molecule has 0 unspecified atom stereocenters. The van der Waals surface area contributed by atoms with Crippen LogP contribution in [0.4, 0.5) is 0 Å². The first-order valence-corrected chi connectivity index (χ1v) is 4.66. The third-order valence-electron chi connectivity index (χ3n) is 1.73. The van der Waals surface area contributed by atoms with Gasteiger partial charge in [-0.25, -0.2) is 10.1 Å². The van der Waals surface area contributed by atoms with Crippen LogP contribution in [0.2, 0.25) is 0 Å². The van der Waals surface area contributed by atoms with Crippen molar-refractivity contribution in [3.63, 3.8) is 0 Å². The first-order chi connectivity index (χ1) is 5.91. The van der Waals surface area contributed by atoms with Crippen LogP contribution < -0.4 is 0 Å². The zero-order valence-corrected chi connectivity index (χ0v) is 7.79. The minimum Gasteiger partial charge on any atom is -0.221 e. The zero-order valence-electron chi connectivity index (χ0n) is 7.79. The summed E-state index contributed by atoms with van der Waals surface area (Å²) >= 11 is 0. The van der Waals surface area contributed by atoms with Crippen molar-refractivity contribution in [2.45, 2.75) is 45.4 Å². The van der Waals surface area contributed by atoms with Crippen LogP contribution in [0.5, 0.6) is 0 Å². The van der Waals surface area contributed by atoms with Crippen molar-refractivity contribution >= 4 is 0 Å². The summed E-state index contributed by atoms with van der Waals surface area (Å²) in [5.41, 5.74) is 0. The van der Waals surface area contributed by atoms with Crippen LogP contribution in [-0.4, -0.2) is 11.9 Å².